The van der Waals surface area contributed by atoms with Crippen molar-refractivity contribution in [1.29, 1.82) is 0 Å². The van der Waals surface area contributed by atoms with E-state index >= 15 is 0 Å². The molecule has 30 heavy (non-hydrogen) atoms. The molecular formula is C24H30BrN5. The van der Waals surface area contributed by atoms with Gasteiger partial charge in [-0.15, -0.1) is 0 Å². The molecule has 3 aromatic rings. The zero-order valence-corrected chi connectivity index (χ0v) is 19.5. The molecule has 0 aliphatic heterocycles. The number of anilines is 1. The predicted octanol–water partition coefficient (Wildman–Crippen LogP) is 5.90. The smallest absolute Gasteiger partial charge is 0.172 e. The Morgan fingerprint density at radius 1 is 1.30 bits per heavy atom. The fourth-order valence-corrected chi connectivity index (χ4v) is 4.66. The lowest BCUT2D eigenvalue weighted by molar-refractivity contribution is 0.358. The Morgan fingerprint density at radius 3 is 2.83 bits per heavy atom. The average Bonchev–Trinajstić information content (AvgIpc) is 3.41. The number of halogens is 1. The number of nitrogens with one attached hydrogen (secondary N) is 1. The maximum absolute atomic E-state index is 4.84. The van der Waals surface area contributed by atoms with Gasteiger partial charge in [0.1, 0.15) is 5.82 Å². The van der Waals surface area contributed by atoms with Crippen LogP contribution < -0.4 is 5.32 Å². The molecule has 158 valence electrons. The monoisotopic (exact) mass is 467 g/mol. The second kappa shape index (κ2) is 9.21. The standard InChI is InChI=1S/C24H30BrN5/c1-17-9-4-7-12-20(17)22-15-23(30-24(28-22)21(25)16-27-30)26-13-8-14-29(3)18(2)19-10-5-6-11-19/h4,7,9,12,15-16,19,26H,2,5-6,8,10-11,13-14H2,1,3H3. The molecule has 4 rings (SSSR count). The van der Waals surface area contributed by atoms with Gasteiger partial charge in [-0.05, 0) is 53.6 Å². The number of aromatic nitrogens is 3. The number of hydrogen-bond acceptors (Lipinski definition) is 4. The summed E-state index contributed by atoms with van der Waals surface area (Å²) in [5, 5.41) is 8.07. The zero-order valence-electron chi connectivity index (χ0n) is 17.9. The van der Waals surface area contributed by atoms with Crippen LogP contribution in [0.3, 0.4) is 0 Å². The Morgan fingerprint density at radius 2 is 2.07 bits per heavy atom. The van der Waals surface area contributed by atoms with Crippen LogP contribution in [0.2, 0.25) is 0 Å². The van der Waals surface area contributed by atoms with Crippen LogP contribution in [0.25, 0.3) is 16.9 Å². The molecule has 1 aliphatic carbocycles. The lowest BCUT2D eigenvalue weighted by Gasteiger charge is -2.26. The molecule has 0 unspecified atom stereocenters. The second-order valence-corrected chi connectivity index (χ2v) is 9.10. The SMILES string of the molecule is C=C(C1CCCC1)N(C)CCCNc1cc(-c2ccccc2C)nc2c(Br)cnn12. The average molecular weight is 468 g/mol. The molecule has 2 aromatic heterocycles. The Kier molecular flexibility index (Phi) is 6.42. The van der Waals surface area contributed by atoms with Gasteiger partial charge in [0, 0.05) is 37.5 Å². The third-order valence-electron chi connectivity index (χ3n) is 6.14. The lowest BCUT2D eigenvalue weighted by Crippen LogP contribution is -2.24. The van der Waals surface area contributed by atoms with Crippen molar-refractivity contribution in [3.8, 4) is 11.3 Å². The first-order valence-electron chi connectivity index (χ1n) is 10.8. The summed E-state index contributed by atoms with van der Waals surface area (Å²) in [7, 11) is 2.17. The first-order valence-corrected chi connectivity index (χ1v) is 11.6. The van der Waals surface area contributed by atoms with Crippen LogP contribution in [-0.4, -0.2) is 39.6 Å². The van der Waals surface area contributed by atoms with Gasteiger partial charge in [0.15, 0.2) is 5.65 Å². The van der Waals surface area contributed by atoms with E-state index < -0.39 is 0 Å². The summed E-state index contributed by atoms with van der Waals surface area (Å²) in [4.78, 5) is 7.18. The predicted molar refractivity (Wildman–Crippen MR) is 128 cm³/mol. The minimum Gasteiger partial charge on any atom is -0.378 e. The Hall–Kier alpha value is -2.34. The molecule has 5 nitrogen and oxygen atoms in total. The van der Waals surface area contributed by atoms with E-state index in [9.17, 15) is 0 Å². The number of aryl methyl sites for hydroxylation is 1. The van der Waals surface area contributed by atoms with Crippen molar-refractivity contribution in [2.45, 2.75) is 39.0 Å². The van der Waals surface area contributed by atoms with Gasteiger partial charge < -0.3 is 10.2 Å². The van der Waals surface area contributed by atoms with Crippen LogP contribution in [0, 0.1) is 12.8 Å². The van der Waals surface area contributed by atoms with Gasteiger partial charge >= 0.3 is 0 Å². The van der Waals surface area contributed by atoms with E-state index in [2.05, 4.69) is 82.1 Å². The molecule has 0 saturated heterocycles. The fourth-order valence-electron chi connectivity index (χ4n) is 4.31. The Bertz CT molecular complexity index is 1040. The minimum absolute atomic E-state index is 0.681. The van der Waals surface area contributed by atoms with E-state index in [-0.39, 0.29) is 0 Å². The molecule has 1 aliphatic rings. The van der Waals surface area contributed by atoms with Crippen LogP contribution in [0.4, 0.5) is 5.82 Å². The summed E-state index contributed by atoms with van der Waals surface area (Å²) in [6.45, 7) is 8.34. The van der Waals surface area contributed by atoms with E-state index in [1.54, 1.807) is 6.20 Å². The van der Waals surface area contributed by atoms with Crippen LogP contribution in [-0.2, 0) is 0 Å². The molecule has 2 heterocycles. The number of allylic oxidation sites excluding steroid dienone is 1. The molecule has 1 N–H and O–H groups in total. The first kappa shape index (κ1) is 20.9. The van der Waals surface area contributed by atoms with Gasteiger partial charge in [-0.1, -0.05) is 43.7 Å². The van der Waals surface area contributed by atoms with E-state index in [4.69, 9.17) is 4.98 Å². The van der Waals surface area contributed by atoms with Crippen molar-refractivity contribution < 1.29 is 0 Å². The van der Waals surface area contributed by atoms with E-state index in [0.29, 0.717) is 5.92 Å². The van der Waals surface area contributed by atoms with Crippen molar-refractivity contribution in [2.75, 3.05) is 25.5 Å². The topological polar surface area (TPSA) is 45.5 Å². The van der Waals surface area contributed by atoms with E-state index in [1.807, 2.05) is 4.52 Å². The molecular weight excluding hydrogens is 438 g/mol. The largest absolute Gasteiger partial charge is 0.378 e. The maximum Gasteiger partial charge on any atom is 0.172 e. The van der Waals surface area contributed by atoms with Crippen molar-refractivity contribution in [3.63, 3.8) is 0 Å². The summed E-state index contributed by atoms with van der Waals surface area (Å²) in [6, 6.07) is 10.4. The molecule has 1 fully saturated rings. The van der Waals surface area contributed by atoms with Crippen LogP contribution in [0.5, 0.6) is 0 Å². The highest BCUT2D eigenvalue weighted by Crippen LogP contribution is 2.31. The fraction of sp³-hybridized carbons (Fsp3) is 0.417. The molecule has 1 saturated carbocycles. The molecule has 0 radical (unpaired) electrons. The van der Waals surface area contributed by atoms with Crippen molar-refractivity contribution >= 4 is 27.4 Å². The van der Waals surface area contributed by atoms with E-state index in [0.717, 1.165) is 46.7 Å². The highest BCUT2D eigenvalue weighted by Gasteiger charge is 2.20. The summed E-state index contributed by atoms with van der Waals surface area (Å²) in [5.74, 6) is 1.64. The summed E-state index contributed by atoms with van der Waals surface area (Å²) in [6.07, 6.45) is 8.13. The Labute approximate surface area is 187 Å². The summed E-state index contributed by atoms with van der Waals surface area (Å²) >= 11 is 3.59. The van der Waals surface area contributed by atoms with E-state index in [1.165, 1.54) is 36.9 Å². The number of rotatable bonds is 8. The zero-order chi connectivity index (χ0) is 21.1. The normalized spacial score (nSPS) is 14.4. The van der Waals surface area contributed by atoms with Crippen LogP contribution in [0.15, 0.2) is 53.3 Å². The molecule has 0 spiro atoms. The van der Waals surface area contributed by atoms with Crippen LogP contribution in [0.1, 0.15) is 37.7 Å². The third kappa shape index (κ3) is 4.38. The van der Waals surface area contributed by atoms with Crippen molar-refractivity contribution in [1.82, 2.24) is 19.5 Å². The highest BCUT2D eigenvalue weighted by atomic mass is 79.9. The van der Waals surface area contributed by atoms with Gasteiger partial charge in [0.05, 0.1) is 16.4 Å². The number of hydrogen-bond donors (Lipinski definition) is 1. The molecule has 0 bridgehead atoms. The summed E-state index contributed by atoms with van der Waals surface area (Å²) in [5.41, 5.74) is 5.43. The third-order valence-corrected chi connectivity index (χ3v) is 6.70. The molecule has 1 aromatic carbocycles. The molecule has 0 amide bonds. The number of fused-ring (bicyclic) bond motifs is 1. The van der Waals surface area contributed by atoms with Gasteiger partial charge in [0.2, 0.25) is 0 Å². The van der Waals surface area contributed by atoms with Crippen molar-refractivity contribution in [2.24, 2.45) is 5.92 Å². The maximum atomic E-state index is 4.84. The van der Waals surface area contributed by atoms with Gasteiger partial charge in [-0.25, -0.2) is 4.98 Å². The lowest BCUT2D eigenvalue weighted by atomic mass is 10.0. The Balaban J connectivity index is 1.46. The van der Waals surface area contributed by atoms with Gasteiger partial charge in [-0.3, -0.25) is 0 Å². The summed E-state index contributed by atoms with van der Waals surface area (Å²) < 4.78 is 2.76. The second-order valence-electron chi connectivity index (χ2n) is 8.24. The molecule has 0 atom stereocenters. The van der Waals surface area contributed by atoms with Crippen molar-refractivity contribution in [3.05, 3.63) is 58.8 Å². The first-order chi connectivity index (χ1) is 14.5. The number of benzene rings is 1. The van der Waals surface area contributed by atoms with Gasteiger partial charge in [0.25, 0.3) is 0 Å². The highest BCUT2D eigenvalue weighted by molar-refractivity contribution is 9.10. The van der Waals surface area contributed by atoms with Crippen LogP contribution >= 0.6 is 15.9 Å². The van der Waals surface area contributed by atoms with Gasteiger partial charge in [-0.2, -0.15) is 9.61 Å². The number of nitrogens with zero attached hydrogens (tertiary/aromatic N) is 4. The molecule has 6 heteroatoms. The quantitative estimate of drug-likeness (QED) is 0.418. The minimum atomic E-state index is 0.681.